The SMILES string of the molecule is CCCOCCn1nc(C)c(C(O)CC)c1C. The van der Waals surface area contributed by atoms with Gasteiger partial charge in [0.25, 0.3) is 0 Å². The number of hydrogen-bond acceptors (Lipinski definition) is 3. The zero-order valence-electron chi connectivity index (χ0n) is 11.4. The van der Waals surface area contributed by atoms with Crippen LogP contribution in [0, 0.1) is 13.8 Å². The number of aromatic nitrogens is 2. The van der Waals surface area contributed by atoms with Crippen molar-refractivity contribution in [1.82, 2.24) is 9.78 Å². The lowest BCUT2D eigenvalue weighted by atomic mass is 10.1. The Hall–Kier alpha value is -0.870. The lowest BCUT2D eigenvalue weighted by Gasteiger charge is -2.09. The molecule has 0 saturated heterocycles. The van der Waals surface area contributed by atoms with E-state index in [1.54, 1.807) is 0 Å². The summed E-state index contributed by atoms with van der Waals surface area (Å²) in [5.74, 6) is 0. The summed E-state index contributed by atoms with van der Waals surface area (Å²) < 4.78 is 7.38. The molecule has 17 heavy (non-hydrogen) atoms. The molecule has 1 aromatic heterocycles. The lowest BCUT2D eigenvalue weighted by Crippen LogP contribution is -2.10. The van der Waals surface area contributed by atoms with Crippen molar-refractivity contribution in [3.8, 4) is 0 Å². The summed E-state index contributed by atoms with van der Waals surface area (Å²) in [6.45, 7) is 10.3. The maximum absolute atomic E-state index is 9.93. The molecule has 0 aliphatic heterocycles. The van der Waals surface area contributed by atoms with Gasteiger partial charge in [-0.1, -0.05) is 13.8 Å². The Morgan fingerprint density at radius 1 is 1.29 bits per heavy atom. The highest BCUT2D eigenvalue weighted by molar-refractivity contribution is 5.26. The fourth-order valence-corrected chi connectivity index (χ4v) is 2.01. The molecule has 0 amide bonds. The Balaban J connectivity index is 2.68. The van der Waals surface area contributed by atoms with Crippen molar-refractivity contribution in [2.45, 2.75) is 53.2 Å². The van der Waals surface area contributed by atoms with E-state index in [9.17, 15) is 5.11 Å². The average molecular weight is 240 g/mol. The van der Waals surface area contributed by atoms with Gasteiger partial charge in [-0.15, -0.1) is 0 Å². The normalized spacial score (nSPS) is 13.0. The van der Waals surface area contributed by atoms with E-state index in [0.717, 1.165) is 42.9 Å². The Bertz CT molecular complexity index is 347. The van der Waals surface area contributed by atoms with Crippen LogP contribution in [0.15, 0.2) is 0 Å². The molecule has 0 bridgehead atoms. The minimum absolute atomic E-state index is 0.402. The standard InChI is InChI=1S/C13H24N2O2/c1-5-8-17-9-7-15-11(4)13(10(3)14-15)12(16)6-2/h12,16H,5-9H2,1-4H3. The van der Waals surface area contributed by atoms with Gasteiger partial charge in [-0.3, -0.25) is 4.68 Å². The van der Waals surface area contributed by atoms with E-state index in [4.69, 9.17) is 4.74 Å². The van der Waals surface area contributed by atoms with Gasteiger partial charge in [0.2, 0.25) is 0 Å². The molecule has 4 nitrogen and oxygen atoms in total. The third-order valence-corrected chi connectivity index (χ3v) is 2.95. The van der Waals surface area contributed by atoms with Gasteiger partial charge >= 0.3 is 0 Å². The van der Waals surface area contributed by atoms with Crippen LogP contribution in [0.4, 0.5) is 0 Å². The zero-order valence-corrected chi connectivity index (χ0v) is 11.4. The predicted molar refractivity (Wildman–Crippen MR) is 68.1 cm³/mol. The van der Waals surface area contributed by atoms with Crippen LogP contribution in [-0.2, 0) is 11.3 Å². The molecular weight excluding hydrogens is 216 g/mol. The van der Waals surface area contributed by atoms with E-state index in [0.29, 0.717) is 6.61 Å². The van der Waals surface area contributed by atoms with E-state index < -0.39 is 6.10 Å². The number of aliphatic hydroxyl groups is 1. The van der Waals surface area contributed by atoms with E-state index in [2.05, 4.69) is 12.0 Å². The first-order valence-corrected chi connectivity index (χ1v) is 6.41. The van der Waals surface area contributed by atoms with Crippen LogP contribution in [0.5, 0.6) is 0 Å². The van der Waals surface area contributed by atoms with Gasteiger partial charge in [0.05, 0.1) is 24.9 Å². The first-order valence-electron chi connectivity index (χ1n) is 6.41. The van der Waals surface area contributed by atoms with Crippen molar-refractivity contribution < 1.29 is 9.84 Å². The Labute approximate surface area is 104 Å². The minimum Gasteiger partial charge on any atom is -0.388 e. The molecule has 0 aromatic carbocycles. The Morgan fingerprint density at radius 3 is 2.59 bits per heavy atom. The molecule has 1 unspecified atom stereocenters. The van der Waals surface area contributed by atoms with Crippen LogP contribution in [0.3, 0.4) is 0 Å². The fraction of sp³-hybridized carbons (Fsp3) is 0.769. The number of rotatable bonds is 7. The summed E-state index contributed by atoms with van der Waals surface area (Å²) in [7, 11) is 0. The molecule has 4 heteroatoms. The van der Waals surface area contributed by atoms with Crippen molar-refractivity contribution in [3.05, 3.63) is 17.0 Å². The maximum atomic E-state index is 9.93. The molecule has 98 valence electrons. The van der Waals surface area contributed by atoms with E-state index in [1.165, 1.54) is 0 Å². The summed E-state index contributed by atoms with van der Waals surface area (Å²) in [6, 6.07) is 0. The number of nitrogens with zero attached hydrogens (tertiary/aromatic N) is 2. The first kappa shape index (κ1) is 14.2. The summed E-state index contributed by atoms with van der Waals surface area (Å²) in [4.78, 5) is 0. The van der Waals surface area contributed by atoms with Gasteiger partial charge in [-0.05, 0) is 26.7 Å². The van der Waals surface area contributed by atoms with Crippen molar-refractivity contribution >= 4 is 0 Å². The maximum Gasteiger partial charge on any atom is 0.0823 e. The van der Waals surface area contributed by atoms with Crippen LogP contribution < -0.4 is 0 Å². The Kier molecular flexibility index (Phi) is 5.65. The second-order valence-corrected chi connectivity index (χ2v) is 4.34. The van der Waals surface area contributed by atoms with Crippen molar-refractivity contribution in [2.75, 3.05) is 13.2 Å². The Morgan fingerprint density at radius 2 is 2.00 bits per heavy atom. The third-order valence-electron chi connectivity index (χ3n) is 2.95. The highest BCUT2D eigenvalue weighted by atomic mass is 16.5. The largest absolute Gasteiger partial charge is 0.388 e. The van der Waals surface area contributed by atoms with Gasteiger partial charge in [0, 0.05) is 17.9 Å². The quantitative estimate of drug-likeness (QED) is 0.744. The highest BCUT2D eigenvalue weighted by Crippen LogP contribution is 2.23. The minimum atomic E-state index is -0.402. The molecule has 0 fully saturated rings. The van der Waals surface area contributed by atoms with Gasteiger partial charge in [-0.25, -0.2) is 0 Å². The molecule has 1 rings (SSSR count). The molecule has 1 atom stereocenters. The summed E-state index contributed by atoms with van der Waals surface area (Å²) in [6.07, 6.45) is 1.36. The molecule has 1 N–H and O–H groups in total. The molecule has 0 radical (unpaired) electrons. The monoisotopic (exact) mass is 240 g/mol. The van der Waals surface area contributed by atoms with Gasteiger partial charge in [-0.2, -0.15) is 5.10 Å². The molecule has 1 heterocycles. The second kappa shape index (κ2) is 6.77. The average Bonchev–Trinajstić information content (AvgIpc) is 2.59. The second-order valence-electron chi connectivity index (χ2n) is 4.34. The van der Waals surface area contributed by atoms with Crippen molar-refractivity contribution in [2.24, 2.45) is 0 Å². The molecule has 1 aromatic rings. The third kappa shape index (κ3) is 3.54. The van der Waals surface area contributed by atoms with E-state index in [1.807, 2.05) is 25.5 Å². The smallest absolute Gasteiger partial charge is 0.0823 e. The number of hydrogen-bond donors (Lipinski definition) is 1. The summed E-state index contributed by atoms with van der Waals surface area (Å²) >= 11 is 0. The zero-order chi connectivity index (χ0) is 12.8. The topological polar surface area (TPSA) is 47.3 Å². The molecular formula is C13H24N2O2. The fourth-order valence-electron chi connectivity index (χ4n) is 2.01. The number of aryl methyl sites for hydroxylation is 1. The van der Waals surface area contributed by atoms with E-state index in [-0.39, 0.29) is 0 Å². The molecule has 0 aliphatic carbocycles. The van der Waals surface area contributed by atoms with Crippen LogP contribution in [-0.4, -0.2) is 28.1 Å². The molecule has 0 saturated carbocycles. The van der Waals surface area contributed by atoms with Gasteiger partial charge in [0.15, 0.2) is 0 Å². The van der Waals surface area contributed by atoms with Crippen LogP contribution in [0.2, 0.25) is 0 Å². The van der Waals surface area contributed by atoms with Gasteiger partial charge < -0.3 is 9.84 Å². The predicted octanol–water partition coefficient (Wildman–Crippen LogP) is 2.37. The van der Waals surface area contributed by atoms with Crippen molar-refractivity contribution in [3.63, 3.8) is 0 Å². The van der Waals surface area contributed by atoms with Crippen LogP contribution >= 0.6 is 0 Å². The molecule has 0 aliphatic rings. The van der Waals surface area contributed by atoms with E-state index >= 15 is 0 Å². The number of aliphatic hydroxyl groups excluding tert-OH is 1. The van der Waals surface area contributed by atoms with Crippen LogP contribution in [0.25, 0.3) is 0 Å². The number of ether oxygens (including phenoxy) is 1. The van der Waals surface area contributed by atoms with Gasteiger partial charge in [0.1, 0.15) is 0 Å². The molecule has 0 spiro atoms. The van der Waals surface area contributed by atoms with Crippen LogP contribution in [0.1, 0.15) is 49.7 Å². The lowest BCUT2D eigenvalue weighted by molar-refractivity contribution is 0.123. The summed E-state index contributed by atoms with van der Waals surface area (Å²) in [5.41, 5.74) is 2.95. The first-order chi connectivity index (χ1) is 8.11. The summed E-state index contributed by atoms with van der Waals surface area (Å²) in [5, 5.41) is 14.4. The van der Waals surface area contributed by atoms with Crippen molar-refractivity contribution in [1.29, 1.82) is 0 Å². The highest BCUT2D eigenvalue weighted by Gasteiger charge is 2.17.